The maximum absolute atomic E-state index is 9.33. The molecule has 1 aromatic heterocycles. The van der Waals surface area contributed by atoms with Gasteiger partial charge in [0.25, 0.3) is 5.89 Å². The Morgan fingerprint density at radius 3 is 2.75 bits per heavy atom. The van der Waals surface area contributed by atoms with Crippen LogP contribution < -0.4 is 9.47 Å². The zero-order valence-electron chi connectivity index (χ0n) is 11.8. The molecular formula is C14H18N2O4. The number of rotatable bonds is 6. The van der Waals surface area contributed by atoms with E-state index >= 15 is 0 Å². The predicted molar refractivity (Wildman–Crippen MR) is 71.6 cm³/mol. The zero-order valence-corrected chi connectivity index (χ0v) is 11.8. The molecule has 0 saturated carbocycles. The monoisotopic (exact) mass is 278 g/mol. The number of aliphatic hydroxyl groups is 1. The predicted octanol–water partition coefficient (Wildman–Crippen LogP) is 2.27. The van der Waals surface area contributed by atoms with Gasteiger partial charge in [-0.05, 0) is 6.07 Å². The number of nitrogens with zero attached hydrogens (tertiary/aromatic N) is 2. The van der Waals surface area contributed by atoms with Gasteiger partial charge in [-0.2, -0.15) is 4.98 Å². The smallest absolute Gasteiger partial charge is 0.264 e. The number of para-hydroxylation sites is 1. The lowest BCUT2D eigenvalue weighted by atomic mass is 10.2. The van der Waals surface area contributed by atoms with E-state index in [1.165, 1.54) is 0 Å². The molecule has 0 aliphatic carbocycles. The molecule has 0 atom stereocenters. The number of benzene rings is 1. The summed E-state index contributed by atoms with van der Waals surface area (Å²) in [6.45, 7) is 3.97. The van der Waals surface area contributed by atoms with Crippen LogP contribution in [0.3, 0.4) is 0 Å². The van der Waals surface area contributed by atoms with E-state index in [1.54, 1.807) is 25.3 Å². The molecule has 0 amide bonds. The Bertz CT molecular complexity index is 544. The first-order chi connectivity index (χ1) is 9.65. The van der Waals surface area contributed by atoms with Crippen molar-refractivity contribution in [1.82, 2.24) is 10.1 Å². The maximum Gasteiger partial charge on any atom is 0.264 e. The number of ether oxygens (including phenoxy) is 2. The first-order valence-electron chi connectivity index (χ1n) is 6.37. The molecular weight excluding hydrogens is 260 g/mol. The molecule has 2 rings (SSSR count). The van der Waals surface area contributed by atoms with Crippen LogP contribution in [-0.4, -0.2) is 22.4 Å². The van der Waals surface area contributed by atoms with Gasteiger partial charge in [0.05, 0.1) is 13.7 Å². The van der Waals surface area contributed by atoms with Gasteiger partial charge in [-0.3, -0.25) is 0 Å². The van der Waals surface area contributed by atoms with E-state index in [2.05, 4.69) is 10.1 Å². The average Bonchev–Trinajstić information content (AvgIpc) is 2.93. The minimum absolute atomic E-state index is 0.131. The van der Waals surface area contributed by atoms with Gasteiger partial charge in [-0.25, -0.2) is 0 Å². The highest BCUT2D eigenvalue weighted by atomic mass is 16.5. The zero-order chi connectivity index (χ0) is 14.5. The van der Waals surface area contributed by atoms with Gasteiger partial charge in [-0.1, -0.05) is 31.1 Å². The van der Waals surface area contributed by atoms with E-state index in [9.17, 15) is 5.11 Å². The molecule has 1 aromatic carbocycles. The van der Waals surface area contributed by atoms with Crippen LogP contribution in [0.2, 0.25) is 0 Å². The lowest BCUT2D eigenvalue weighted by Gasteiger charge is -2.12. The maximum atomic E-state index is 9.33. The summed E-state index contributed by atoms with van der Waals surface area (Å²) in [4.78, 5) is 4.23. The van der Waals surface area contributed by atoms with Crippen LogP contribution in [0.4, 0.5) is 0 Å². The number of aliphatic hydroxyl groups excluding tert-OH is 1. The van der Waals surface area contributed by atoms with E-state index in [4.69, 9.17) is 14.0 Å². The van der Waals surface area contributed by atoms with Gasteiger partial charge in [0.15, 0.2) is 23.9 Å². The second-order valence-electron chi connectivity index (χ2n) is 4.60. The van der Waals surface area contributed by atoms with Crippen molar-refractivity contribution in [2.45, 2.75) is 33.0 Å². The first-order valence-corrected chi connectivity index (χ1v) is 6.37. The van der Waals surface area contributed by atoms with E-state index in [1.807, 2.05) is 13.8 Å². The highest BCUT2D eigenvalue weighted by Crippen LogP contribution is 2.31. The molecule has 0 aliphatic heterocycles. The Morgan fingerprint density at radius 1 is 1.35 bits per heavy atom. The van der Waals surface area contributed by atoms with Crippen molar-refractivity contribution in [3.05, 3.63) is 35.5 Å². The minimum atomic E-state index is -0.131. The molecule has 20 heavy (non-hydrogen) atoms. The first kappa shape index (κ1) is 14.3. The molecule has 1 heterocycles. The Kier molecular flexibility index (Phi) is 4.57. The molecule has 0 saturated heterocycles. The molecule has 1 N–H and O–H groups in total. The van der Waals surface area contributed by atoms with Crippen LogP contribution in [0.1, 0.15) is 37.0 Å². The molecule has 0 aliphatic rings. The third kappa shape index (κ3) is 3.08. The highest BCUT2D eigenvalue weighted by Gasteiger charge is 2.14. The SMILES string of the molecule is COc1cccc(CO)c1OCc1nc(C(C)C)no1. The summed E-state index contributed by atoms with van der Waals surface area (Å²) in [5.41, 5.74) is 0.646. The molecule has 0 unspecified atom stereocenters. The Balaban J connectivity index is 2.13. The molecule has 0 radical (unpaired) electrons. The molecule has 6 nitrogen and oxygen atoms in total. The van der Waals surface area contributed by atoms with Crippen LogP contribution in [0, 0.1) is 0 Å². The average molecular weight is 278 g/mol. The number of methoxy groups -OCH3 is 1. The third-order valence-electron chi connectivity index (χ3n) is 2.79. The van der Waals surface area contributed by atoms with Gasteiger partial charge in [0.1, 0.15) is 0 Å². The van der Waals surface area contributed by atoms with Crippen LogP contribution in [0.5, 0.6) is 11.5 Å². The normalized spacial score (nSPS) is 10.8. The standard InChI is InChI=1S/C14H18N2O4/c1-9(2)14-15-12(20-16-14)8-19-13-10(7-17)5-4-6-11(13)18-3/h4-6,9,17H,7-8H2,1-3H3. The fourth-order valence-electron chi connectivity index (χ4n) is 1.71. The Hall–Kier alpha value is -2.08. The van der Waals surface area contributed by atoms with Crippen molar-refractivity contribution in [2.24, 2.45) is 0 Å². The quantitative estimate of drug-likeness (QED) is 0.873. The fourth-order valence-corrected chi connectivity index (χ4v) is 1.71. The summed E-state index contributed by atoms with van der Waals surface area (Å²) >= 11 is 0. The van der Waals surface area contributed by atoms with Gasteiger partial charge in [0.2, 0.25) is 0 Å². The third-order valence-corrected chi connectivity index (χ3v) is 2.79. The van der Waals surface area contributed by atoms with Crippen molar-refractivity contribution >= 4 is 0 Å². The van der Waals surface area contributed by atoms with Crippen molar-refractivity contribution in [3.63, 3.8) is 0 Å². The van der Waals surface area contributed by atoms with Crippen LogP contribution in [-0.2, 0) is 13.2 Å². The van der Waals surface area contributed by atoms with Crippen molar-refractivity contribution in [3.8, 4) is 11.5 Å². The van der Waals surface area contributed by atoms with Crippen molar-refractivity contribution in [2.75, 3.05) is 7.11 Å². The van der Waals surface area contributed by atoms with Crippen molar-refractivity contribution < 1.29 is 19.1 Å². The van der Waals surface area contributed by atoms with Crippen LogP contribution in [0.25, 0.3) is 0 Å². The summed E-state index contributed by atoms with van der Waals surface area (Å²) in [6.07, 6.45) is 0. The topological polar surface area (TPSA) is 77.6 Å². The van der Waals surface area contributed by atoms with Gasteiger partial charge in [-0.15, -0.1) is 0 Å². The van der Waals surface area contributed by atoms with Crippen LogP contribution in [0.15, 0.2) is 22.7 Å². The second kappa shape index (κ2) is 6.38. The van der Waals surface area contributed by atoms with E-state index in [0.29, 0.717) is 28.8 Å². The molecule has 6 heteroatoms. The van der Waals surface area contributed by atoms with Gasteiger partial charge in [0, 0.05) is 11.5 Å². The number of hydrogen-bond donors (Lipinski definition) is 1. The van der Waals surface area contributed by atoms with Gasteiger partial charge < -0.3 is 19.1 Å². The van der Waals surface area contributed by atoms with Crippen LogP contribution >= 0.6 is 0 Å². The van der Waals surface area contributed by atoms with Gasteiger partial charge >= 0.3 is 0 Å². The second-order valence-corrected chi connectivity index (χ2v) is 4.60. The minimum Gasteiger partial charge on any atom is -0.493 e. The highest BCUT2D eigenvalue weighted by molar-refractivity contribution is 5.46. The molecule has 0 fully saturated rings. The Labute approximate surface area is 117 Å². The summed E-state index contributed by atoms with van der Waals surface area (Å²) < 4.78 is 16.0. The summed E-state index contributed by atoms with van der Waals surface area (Å²) in [5.74, 6) is 2.28. The summed E-state index contributed by atoms with van der Waals surface area (Å²) in [5, 5.41) is 13.2. The van der Waals surface area contributed by atoms with E-state index < -0.39 is 0 Å². The Morgan fingerprint density at radius 2 is 2.15 bits per heavy atom. The van der Waals surface area contributed by atoms with E-state index in [0.717, 1.165) is 0 Å². The molecule has 0 bridgehead atoms. The largest absolute Gasteiger partial charge is 0.493 e. The molecule has 0 spiro atoms. The number of aromatic nitrogens is 2. The van der Waals surface area contributed by atoms with Crippen molar-refractivity contribution in [1.29, 1.82) is 0 Å². The lowest BCUT2D eigenvalue weighted by Crippen LogP contribution is -2.01. The molecule has 2 aromatic rings. The summed E-state index contributed by atoms with van der Waals surface area (Å²) in [7, 11) is 1.55. The lowest BCUT2D eigenvalue weighted by molar-refractivity contribution is 0.220. The number of hydrogen-bond acceptors (Lipinski definition) is 6. The fraction of sp³-hybridized carbons (Fsp3) is 0.429. The summed E-state index contributed by atoms with van der Waals surface area (Å²) in [6, 6.07) is 5.33. The van der Waals surface area contributed by atoms with E-state index in [-0.39, 0.29) is 19.1 Å². The molecule has 108 valence electrons.